The number of alkyl halides is 6. The maximum absolute atomic E-state index is 13.6. The predicted octanol–water partition coefficient (Wildman–Crippen LogP) is 7.28. The van der Waals surface area contributed by atoms with E-state index in [2.05, 4.69) is 15.5 Å². The lowest BCUT2D eigenvalue weighted by Gasteiger charge is -2.38. The molecule has 1 aliphatic rings. The smallest absolute Gasteiger partial charge is 0.416 e. The number of carbonyl (C=O) groups is 2. The van der Waals surface area contributed by atoms with Crippen molar-refractivity contribution >= 4 is 28.9 Å². The average molecular weight is 671 g/mol. The van der Waals surface area contributed by atoms with E-state index < -0.39 is 40.9 Å². The molecule has 0 aromatic heterocycles. The van der Waals surface area contributed by atoms with Gasteiger partial charge < -0.3 is 25.2 Å². The number of amides is 2. The first-order chi connectivity index (χ1) is 22.8. The lowest BCUT2D eigenvalue weighted by molar-refractivity contribution is -0.143. The molecular formula is C35H32F6N4O3. The van der Waals surface area contributed by atoms with E-state index in [1.165, 1.54) is 12.1 Å². The van der Waals surface area contributed by atoms with Gasteiger partial charge in [-0.15, -0.1) is 0 Å². The Bertz CT molecular complexity index is 1720. The second-order valence-corrected chi connectivity index (χ2v) is 11.1. The van der Waals surface area contributed by atoms with Crippen molar-refractivity contribution in [2.24, 2.45) is 0 Å². The predicted molar refractivity (Wildman–Crippen MR) is 171 cm³/mol. The molecule has 2 amide bonds. The Kier molecular flexibility index (Phi) is 10.2. The first kappa shape index (κ1) is 34.1. The second kappa shape index (κ2) is 14.3. The maximum atomic E-state index is 13.6. The largest absolute Gasteiger partial charge is 0.495 e. The Morgan fingerprint density at radius 1 is 0.708 bits per heavy atom. The van der Waals surface area contributed by atoms with E-state index in [-0.39, 0.29) is 17.3 Å². The summed E-state index contributed by atoms with van der Waals surface area (Å²) >= 11 is 0. The number of para-hydroxylation sites is 2. The Hall–Kier alpha value is -5.20. The van der Waals surface area contributed by atoms with Gasteiger partial charge in [0.15, 0.2) is 0 Å². The summed E-state index contributed by atoms with van der Waals surface area (Å²) in [6.07, 6.45) is -9.68. The molecule has 0 bridgehead atoms. The molecule has 1 fully saturated rings. The van der Waals surface area contributed by atoms with Crippen LogP contribution < -0.4 is 25.2 Å². The lowest BCUT2D eigenvalue weighted by Crippen LogP contribution is -2.47. The molecule has 0 atom stereocenters. The molecule has 1 saturated heterocycles. The highest BCUT2D eigenvalue weighted by molar-refractivity contribution is 6.06. The lowest BCUT2D eigenvalue weighted by atomic mass is 10.0. The van der Waals surface area contributed by atoms with Gasteiger partial charge in [-0.2, -0.15) is 26.3 Å². The highest BCUT2D eigenvalue weighted by Gasteiger charge is 2.37. The summed E-state index contributed by atoms with van der Waals surface area (Å²) < 4.78 is 85.9. The van der Waals surface area contributed by atoms with Crippen LogP contribution in [0.3, 0.4) is 0 Å². The van der Waals surface area contributed by atoms with Gasteiger partial charge in [-0.1, -0.05) is 42.5 Å². The Balaban J connectivity index is 1.40. The van der Waals surface area contributed by atoms with E-state index in [9.17, 15) is 35.9 Å². The number of anilines is 3. The van der Waals surface area contributed by atoms with Gasteiger partial charge in [0.25, 0.3) is 11.8 Å². The first-order valence-electron chi connectivity index (χ1n) is 15.0. The highest BCUT2D eigenvalue weighted by Crippen LogP contribution is 2.37. The normalized spacial score (nSPS) is 13.6. The quantitative estimate of drug-likeness (QED) is 0.183. The number of halogens is 6. The van der Waals surface area contributed by atoms with Crippen molar-refractivity contribution in [1.82, 2.24) is 5.32 Å². The van der Waals surface area contributed by atoms with E-state index in [0.29, 0.717) is 57.0 Å². The number of nitrogens with one attached hydrogen (secondary N) is 2. The van der Waals surface area contributed by atoms with Crippen molar-refractivity contribution in [2.45, 2.75) is 18.8 Å². The molecule has 0 aliphatic carbocycles. The molecule has 7 nitrogen and oxygen atoms in total. The van der Waals surface area contributed by atoms with Gasteiger partial charge in [0.2, 0.25) is 0 Å². The van der Waals surface area contributed by atoms with Gasteiger partial charge in [0.05, 0.1) is 29.5 Å². The van der Waals surface area contributed by atoms with Crippen LogP contribution in [0, 0.1) is 0 Å². The van der Waals surface area contributed by atoms with Crippen LogP contribution in [0.2, 0.25) is 0 Å². The second-order valence-electron chi connectivity index (χ2n) is 11.1. The summed E-state index contributed by atoms with van der Waals surface area (Å²) in [6, 6.07) is 22.2. The molecule has 252 valence electrons. The monoisotopic (exact) mass is 670 g/mol. The fraction of sp³-hybridized carbons (Fsp3) is 0.257. The molecule has 1 aliphatic heterocycles. The van der Waals surface area contributed by atoms with Crippen LogP contribution in [0.4, 0.5) is 43.4 Å². The fourth-order valence-corrected chi connectivity index (χ4v) is 5.50. The third-order valence-corrected chi connectivity index (χ3v) is 7.94. The van der Waals surface area contributed by atoms with E-state index >= 15 is 0 Å². The minimum Gasteiger partial charge on any atom is -0.495 e. The van der Waals surface area contributed by atoms with E-state index in [4.69, 9.17) is 4.74 Å². The number of ether oxygens (including phenoxy) is 1. The van der Waals surface area contributed by atoms with Crippen LogP contribution in [-0.4, -0.2) is 51.6 Å². The topological polar surface area (TPSA) is 73.9 Å². The molecule has 48 heavy (non-hydrogen) atoms. The number of nitrogens with zero attached hydrogens (tertiary/aromatic N) is 2. The zero-order valence-electron chi connectivity index (χ0n) is 25.8. The average Bonchev–Trinajstić information content (AvgIpc) is 3.07. The van der Waals surface area contributed by atoms with Crippen molar-refractivity contribution in [3.63, 3.8) is 0 Å². The van der Waals surface area contributed by atoms with Gasteiger partial charge in [-0.25, -0.2) is 0 Å². The molecule has 5 rings (SSSR count). The molecule has 0 spiro atoms. The van der Waals surface area contributed by atoms with Gasteiger partial charge in [-0.05, 0) is 60.5 Å². The summed E-state index contributed by atoms with van der Waals surface area (Å²) in [7, 11) is 1.60. The minimum atomic E-state index is -5.11. The van der Waals surface area contributed by atoms with Crippen LogP contribution in [0.15, 0.2) is 91.0 Å². The Morgan fingerprint density at radius 3 is 1.90 bits per heavy atom. The third kappa shape index (κ3) is 8.20. The number of hydrogen-bond donors (Lipinski definition) is 2. The van der Waals surface area contributed by atoms with Crippen LogP contribution in [0.5, 0.6) is 5.75 Å². The standard InChI is InChI=1S/C35H32F6N4O3/c1-48-31-10-6-5-9-30(31)45-17-15-44(16-18-45)29-12-11-27(22-28(29)33(47)42-14-13-23-7-3-2-4-8-23)43-32(46)24-19-25(34(36,37)38)21-26(20-24)35(39,40)41/h2-12,19-22H,13-18H2,1H3,(H,42,47)(H,43,46). The highest BCUT2D eigenvalue weighted by atomic mass is 19.4. The minimum absolute atomic E-state index is 0.0237. The molecule has 0 radical (unpaired) electrons. The van der Waals surface area contributed by atoms with Crippen LogP contribution in [0.25, 0.3) is 0 Å². The van der Waals surface area contributed by atoms with Crippen molar-refractivity contribution in [1.29, 1.82) is 0 Å². The third-order valence-electron chi connectivity index (χ3n) is 7.94. The molecule has 1 heterocycles. The van der Waals surface area contributed by atoms with Crippen LogP contribution >= 0.6 is 0 Å². The van der Waals surface area contributed by atoms with Crippen molar-refractivity contribution in [2.75, 3.05) is 55.0 Å². The number of rotatable bonds is 9. The Morgan fingerprint density at radius 2 is 1.29 bits per heavy atom. The molecule has 4 aromatic rings. The first-order valence-corrected chi connectivity index (χ1v) is 15.0. The van der Waals surface area contributed by atoms with Gasteiger partial charge in [0.1, 0.15) is 5.75 Å². The molecule has 0 unspecified atom stereocenters. The number of methoxy groups -OCH3 is 1. The Labute approximate surface area is 273 Å². The van der Waals surface area contributed by atoms with Gasteiger partial charge in [0, 0.05) is 49.7 Å². The summed E-state index contributed by atoms with van der Waals surface area (Å²) in [5, 5.41) is 5.25. The summed E-state index contributed by atoms with van der Waals surface area (Å²) in [5.41, 5.74) is -1.34. The number of carbonyl (C=O) groups excluding carboxylic acids is 2. The van der Waals surface area contributed by atoms with E-state index in [0.717, 1.165) is 17.0 Å². The zero-order chi connectivity index (χ0) is 34.5. The van der Waals surface area contributed by atoms with Crippen LogP contribution in [-0.2, 0) is 18.8 Å². The molecule has 13 heteroatoms. The number of piperazine rings is 1. The maximum Gasteiger partial charge on any atom is 0.416 e. The SMILES string of the molecule is COc1ccccc1N1CCN(c2ccc(NC(=O)c3cc(C(F)(F)F)cc(C(F)(F)F)c3)cc2C(=O)NCCc2ccccc2)CC1. The van der Waals surface area contributed by atoms with Crippen molar-refractivity contribution in [3.05, 3.63) is 119 Å². The molecule has 2 N–H and O–H groups in total. The van der Waals surface area contributed by atoms with Crippen molar-refractivity contribution in [3.8, 4) is 5.75 Å². The summed E-state index contributed by atoms with van der Waals surface area (Å²) in [5.74, 6) is -0.921. The number of hydrogen-bond acceptors (Lipinski definition) is 5. The van der Waals surface area contributed by atoms with Gasteiger partial charge in [-0.3, -0.25) is 9.59 Å². The molecule has 0 saturated carbocycles. The summed E-state index contributed by atoms with van der Waals surface area (Å²) in [6.45, 7) is 2.55. The van der Waals surface area contributed by atoms with Crippen molar-refractivity contribution < 1.29 is 40.7 Å². The molecule has 4 aromatic carbocycles. The van der Waals surface area contributed by atoms with E-state index in [1.807, 2.05) is 59.5 Å². The van der Waals surface area contributed by atoms with Crippen LogP contribution in [0.1, 0.15) is 37.4 Å². The zero-order valence-corrected chi connectivity index (χ0v) is 25.8. The fourth-order valence-electron chi connectivity index (χ4n) is 5.50. The summed E-state index contributed by atoms with van der Waals surface area (Å²) in [4.78, 5) is 30.7. The number of benzene rings is 4. The molecular weight excluding hydrogens is 638 g/mol. The van der Waals surface area contributed by atoms with E-state index in [1.54, 1.807) is 13.2 Å². The van der Waals surface area contributed by atoms with Gasteiger partial charge >= 0.3 is 12.4 Å².